The molecule has 1 heterocycles. The van der Waals surface area contributed by atoms with Gasteiger partial charge in [0, 0.05) is 4.47 Å². The van der Waals surface area contributed by atoms with Crippen LogP contribution in [0.15, 0.2) is 65.1 Å². The second kappa shape index (κ2) is 8.54. The monoisotopic (exact) mass is 470 g/mol. The van der Waals surface area contributed by atoms with Crippen LogP contribution in [0.3, 0.4) is 0 Å². The average Bonchev–Trinajstić information content (AvgIpc) is 3.14. The van der Waals surface area contributed by atoms with Crippen molar-refractivity contribution in [1.29, 1.82) is 0 Å². The molecule has 0 unspecified atom stereocenters. The maximum Gasteiger partial charge on any atom is 0.335 e. The van der Waals surface area contributed by atoms with Gasteiger partial charge in [-0.05, 0) is 54.1 Å². The minimum Gasteiger partial charge on any atom is -0.485 e. The number of ether oxygens (including phenoxy) is 2. The quantitative estimate of drug-likeness (QED) is 0.381. The number of carboxylic acids is 1. The number of carboxylic acid groups (broad SMARTS) is 1. The molecule has 3 aromatic carbocycles. The number of nitrogens with one attached hydrogen (secondary N) is 1. The van der Waals surface area contributed by atoms with E-state index in [2.05, 4.69) is 25.9 Å². The largest absolute Gasteiger partial charge is 0.485 e. The van der Waals surface area contributed by atoms with Crippen molar-refractivity contribution in [2.24, 2.45) is 0 Å². The van der Waals surface area contributed by atoms with E-state index in [0.717, 1.165) is 10.0 Å². The third kappa shape index (κ3) is 4.60. The maximum atomic E-state index is 13.4. The van der Waals surface area contributed by atoms with Crippen molar-refractivity contribution in [3.8, 4) is 11.5 Å². The number of H-pyrrole nitrogens is 1. The highest BCUT2D eigenvalue weighted by Crippen LogP contribution is 2.30. The molecule has 30 heavy (non-hydrogen) atoms. The number of hydrogen-bond donors (Lipinski definition) is 2. The molecule has 0 radical (unpaired) electrons. The lowest BCUT2D eigenvalue weighted by molar-refractivity contribution is 0.0696. The predicted octanol–water partition coefficient (Wildman–Crippen LogP) is 5.32. The molecular weight excluding hydrogens is 455 g/mol. The molecule has 6 nitrogen and oxygen atoms in total. The molecule has 8 heteroatoms. The minimum atomic E-state index is -1.06. The smallest absolute Gasteiger partial charge is 0.335 e. The lowest BCUT2D eigenvalue weighted by atomic mass is 10.2. The summed E-state index contributed by atoms with van der Waals surface area (Å²) in [5.74, 6) is -0.221. The van der Waals surface area contributed by atoms with Crippen molar-refractivity contribution in [2.75, 3.05) is 0 Å². The van der Waals surface area contributed by atoms with E-state index in [9.17, 15) is 14.3 Å². The van der Waals surface area contributed by atoms with E-state index in [4.69, 9.17) is 9.47 Å². The van der Waals surface area contributed by atoms with Crippen LogP contribution >= 0.6 is 15.9 Å². The fourth-order valence-corrected chi connectivity index (χ4v) is 3.13. The van der Waals surface area contributed by atoms with Gasteiger partial charge in [-0.3, -0.25) is 0 Å². The van der Waals surface area contributed by atoms with E-state index in [0.29, 0.717) is 28.4 Å². The molecule has 0 bridgehead atoms. The second-order valence-corrected chi connectivity index (χ2v) is 7.43. The number of hydrogen-bond acceptors (Lipinski definition) is 4. The Hall–Kier alpha value is -3.39. The zero-order valence-corrected chi connectivity index (χ0v) is 17.1. The Morgan fingerprint density at radius 2 is 1.77 bits per heavy atom. The van der Waals surface area contributed by atoms with Crippen molar-refractivity contribution in [3.05, 3.63) is 87.9 Å². The van der Waals surface area contributed by atoms with Crippen LogP contribution < -0.4 is 9.47 Å². The van der Waals surface area contributed by atoms with Gasteiger partial charge >= 0.3 is 5.97 Å². The van der Waals surface area contributed by atoms with Crippen LogP contribution in [0.5, 0.6) is 11.5 Å². The molecule has 1 aromatic heterocycles. The van der Waals surface area contributed by atoms with Gasteiger partial charge < -0.3 is 19.6 Å². The fraction of sp³-hybridized carbons (Fsp3) is 0.0909. The highest BCUT2D eigenvalue weighted by molar-refractivity contribution is 9.10. The number of aromatic carboxylic acids is 1. The molecule has 0 aliphatic heterocycles. The summed E-state index contributed by atoms with van der Waals surface area (Å²) in [7, 11) is 0. The van der Waals surface area contributed by atoms with E-state index in [1.165, 1.54) is 24.3 Å². The molecule has 0 atom stereocenters. The topological polar surface area (TPSA) is 84.4 Å². The summed E-state index contributed by atoms with van der Waals surface area (Å²) in [5, 5.41) is 9.28. The highest BCUT2D eigenvalue weighted by atomic mass is 79.9. The SMILES string of the molecule is O=C(O)c1ccc(OCc2nc3ccc(F)cc3[nH]2)c(OCc2ccc(Br)cc2)c1. The van der Waals surface area contributed by atoms with E-state index in [1.54, 1.807) is 12.1 Å². The van der Waals surface area contributed by atoms with Gasteiger partial charge in [-0.15, -0.1) is 0 Å². The first-order valence-corrected chi connectivity index (χ1v) is 9.79. The van der Waals surface area contributed by atoms with Crippen LogP contribution in [-0.2, 0) is 13.2 Å². The zero-order chi connectivity index (χ0) is 21.1. The van der Waals surface area contributed by atoms with Crippen LogP contribution in [0.4, 0.5) is 4.39 Å². The Morgan fingerprint density at radius 1 is 1.00 bits per heavy atom. The number of nitrogens with zero attached hydrogens (tertiary/aromatic N) is 1. The zero-order valence-electron chi connectivity index (χ0n) is 15.6. The molecule has 0 spiro atoms. The van der Waals surface area contributed by atoms with Crippen molar-refractivity contribution in [3.63, 3.8) is 0 Å². The predicted molar refractivity (Wildman–Crippen MR) is 112 cm³/mol. The Labute approximate surface area is 179 Å². The van der Waals surface area contributed by atoms with Crippen molar-refractivity contribution in [1.82, 2.24) is 9.97 Å². The van der Waals surface area contributed by atoms with E-state index < -0.39 is 5.97 Å². The molecule has 4 rings (SSSR count). The van der Waals surface area contributed by atoms with Gasteiger partial charge in [0.1, 0.15) is 24.9 Å². The number of carbonyl (C=O) groups is 1. The highest BCUT2D eigenvalue weighted by Gasteiger charge is 2.13. The summed E-state index contributed by atoms with van der Waals surface area (Å²) in [6, 6.07) is 16.3. The molecule has 0 saturated heterocycles. The van der Waals surface area contributed by atoms with Crippen LogP contribution in [-0.4, -0.2) is 21.0 Å². The second-order valence-electron chi connectivity index (χ2n) is 6.52. The summed E-state index contributed by atoms with van der Waals surface area (Å²) in [6.07, 6.45) is 0. The third-order valence-corrected chi connectivity index (χ3v) is 4.88. The summed E-state index contributed by atoms with van der Waals surface area (Å²) in [6.45, 7) is 0.327. The minimum absolute atomic E-state index is 0.0807. The molecule has 2 N–H and O–H groups in total. The first kappa shape index (κ1) is 19.9. The first-order chi connectivity index (χ1) is 14.5. The van der Waals surface area contributed by atoms with Crippen molar-refractivity contribution in [2.45, 2.75) is 13.2 Å². The van der Waals surface area contributed by atoms with Gasteiger partial charge in [-0.25, -0.2) is 14.2 Å². The molecule has 0 aliphatic rings. The first-order valence-electron chi connectivity index (χ1n) is 8.99. The number of rotatable bonds is 7. The summed E-state index contributed by atoms with van der Waals surface area (Å²) in [5.41, 5.74) is 2.21. The van der Waals surface area contributed by atoms with Crippen molar-refractivity contribution < 1.29 is 23.8 Å². The third-order valence-electron chi connectivity index (χ3n) is 4.36. The molecule has 4 aromatic rings. The Bertz CT molecular complexity index is 1210. The molecular formula is C22H16BrFN2O4. The number of imidazole rings is 1. The molecule has 0 aliphatic carbocycles. The van der Waals surface area contributed by atoms with Gasteiger partial charge in [-0.1, -0.05) is 28.1 Å². The van der Waals surface area contributed by atoms with Crippen LogP contribution in [0.2, 0.25) is 0 Å². The Balaban J connectivity index is 1.53. The molecule has 0 amide bonds. The summed E-state index contributed by atoms with van der Waals surface area (Å²) >= 11 is 3.38. The van der Waals surface area contributed by atoms with E-state index in [1.807, 2.05) is 24.3 Å². The van der Waals surface area contributed by atoms with E-state index >= 15 is 0 Å². The van der Waals surface area contributed by atoms with Gasteiger partial charge in [0.25, 0.3) is 0 Å². The Kier molecular flexibility index (Phi) is 5.67. The van der Waals surface area contributed by atoms with Crippen LogP contribution in [0.25, 0.3) is 11.0 Å². The van der Waals surface area contributed by atoms with Gasteiger partial charge in [0.05, 0.1) is 16.6 Å². The fourth-order valence-electron chi connectivity index (χ4n) is 2.86. The molecule has 0 saturated carbocycles. The average molecular weight is 471 g/mol. The summed E-state index contributed by atoms with van der Waals surface area (Å²) in [4.78, 5) is 18.7. The number of halogens is 2. The lowest BCUT2D eigenvalue weighted by Gasteiger charge is -2.13. The van der Waals surface area contributed by atoms with Crippen LogP contribution in [0, 0.1) is 5.82 Å². The van der Waals surface area contributed by atoms with E-state index in [-0.39, 0.29) is 24.6 Å². The molecule has 0 fully saturated rings. The number of benzene rings is 3. The normalized spacial score (nSPS) is 10.9. The van der Waals surface area contributed by atoms with Gasteiger partial charge in [0.15, 0.2) is 11.5 Å². The lowest BCUT2D eigenvalue weighted by Crippen LogP contribution is -2.04. The number of aromatic amines is 1. The number of fused-ring (bicyclic) bond motifs is 1. The maximum absolute atomic E-state index is 13.4. The summed E-state index contributed by atoms with van der Waals surface area (Å²) < 4.78 is 26.0. The standard InChI is InChI=1S/C22H16BrFN2O4/c23-15-4-1-13(2-5-15)11-29-20-9-14(22(27)28)3-8-19(20)30-12-21-25-17-7-6-16(24)10-18(17)26-21/h1-10H,11-12H2,(H,25,26)(H,27,28). The van der Waals surface area contributed by atoms with Gasteiger partial charge in [-0.2, -0.15) is 0 Å². The van der Waals surface area contributed by atoms with Crippen molar-refractivity contribution >= 4 is 32.9 Å². The number of aromatic nitrogens is 2. The van der Waals surface area contributed by atoms with Gasteiger partial charge in [0.2, 0.25) is 0 Å². The molecule has 152 valence electrons. The Morgan fingerprint density at radius 3 is 2.53 bits per heavy atom. The van der Waals surface area contributed by atoms with Crippen LogP contribution in [0.1, 0.15) is 21.7 Å².